The number of fused-ring (bicyclic) bond motifs is 1. The summed E-state index contributed by atoms with van der Waals surface area (Å²) in [6.07, 6.45) is 0.803. The van der Waals surface area contributed by atoms with E-state index >= 15 is 0 Å². The molecule has 10 nitrogen and oxygen atoms in total. The Bertz CT molecular complexity index is 1450. The number of alkyl halides is 5. The minimum atomic E-state index is -4.47. The molecule has 2 aliphatic carbocycles. The zero-order valence-corrected chi connectivity index (χ0v) is 24.1. The van der Waals surface area contributed by atoms with Crippen molar-refractivity contribution in [1.29, 1.82) is 0 Å². The number of rotatable bonds is 10. The first-order chi connectivity index (χ1) is 20.2. The molecule has 2 saturated carbocycles. The van der Waals surface area contributed by atoms with E-state index in [2.05, 4.69) is 30.7 Å². The zero-order valence-electron chi connectivity index (χ0n) is 24.1. The lowest BCUT2D eigenvalue weighted by Crippen LogP contribution is -2.38. The number of imidazole rings is 1. The van der Waals surface area contributed by atoms with Gasteiger partial charge in [0, 0.05) is 37.7 Å². The quantitative estimate of drug-likeness (QED) is 0.299. The van der Waals surface area contributed by atoms with Crippen molar-refractivity contribution in [2.45, 2.75) is 95.9 Å². The predicted molar refractivity (Wildman–Crippen MR) is 144 cm³/mol. The SMILES string of the molecule is CC(C)n1ncnc1C(=O)N[C@H](c1cn2ccc([C@H](NC(=O)C[C@@H](C)C(F)(F)F)C3CC3)nc2n1)C1CCC(F)(F)CC1. The average Bonchev–Trinajstić information content (AvgIpc) is 3.47. The van der Waals surface area contributed by atoms with Gasteiger partial charge >= 0.3 is 6.18 Å². The van der Waals surface area contributed by atoms with E-state index in [4.69, 9.17) is 0 Å². The highest BCUT2D eigenvalue weighted by atomic mass is 19.4. The van der Waals surface area contributed by atoms with E-state index in [0.29, 0.717) is 11.4 Å². The summed E-state index contributed by atoms with van der Waals surface area (Å²) in [5.41, 5.74) is 0.887. The number of amides is 2. The summed E-state index contributed by atoms with van der Waals surface area (Å²) in [4.78, 5) is 39.2. The van der Waals surface area contributed by atoms with Gasteiger partial charge in [-0.15, -0.1) is 0 Å². The van der Waals surface area contributed by atoms with Crippen LogP contribution in [0.3, 0.4) is 0 Å². The van der Waals surface area contributed by atoms with Crippen LogP contribution in [0.5, 0.6) is 0 Å². The fraction of sp³-hybridized carbons (Fsp3) is 0.643. The van der Waals surface area contributed by atoms with E-state index in [1.165, 1.54) is 11.0 Å². The van der Waals surface area contributed by atoms with Gasteiger partial charge in [-0.1, -0.05) is 6.92 Å². The lowest BCUT2D eigenvalue weighted by Gasteiger charge is -2.33. The van der Waals surface area contributed by atoms with Gasteiger partial charge in [-0.2, -0.15) is 18.3 Å². The number of hydrogen-bond acceptors (Lipinski definition) is 6. The van der Waals surface area contributed by atoms with Crippen LogP contribution in [0, 0.1) is 17.8 Å². The lowest BCUT2D eigenvalue weighted by molar-refractivity contribution is -0.174. The van der Waals surface area contributed by atoms with Crippen molar-refractivity contribution >= 4 is 17.6 Å². The first kappa shape index (κ1) is 30.8. The third-order valence-electron chi connectivity index (χ3n) is 8.25. The van der Waals surface area contributed by atoms with Crippen LogP contribution in [0.4, 0.5) is 22.0 Å². The number of aromatic nitrogens is 6. The van der Waals surface area contributed by atoms with Crippen molar-refractivity contribution in [2.24, 2.45) is 17.8 Å². The van der Waals surface area contributed by atoms with Gasteiger partial charge in [0.05, 0.1) is 29.4 Å². The smallest absolute Gasteiger partial charge is 0.347 e. The topological polar surface area (TPSA) is 119 Å². The normalized spacial score (nSPS) is 19.7. The van der Waals surface area contributed by atoms with Gasteiger partial charge < -0.3 is 10.6 Å². The molecule has 0 radical (unpaired) electrons. The van der Waals surface area contributed by atoms with Crippen LogP contribution in [0.1, 0.15) is 106 Å². The maximum Gasteiger partial charge on any atom is 0.392 e. The van der Waals surface area contributed by atoms with E-state index in [-0.39, 0.29) is 55.2 Å². The van der Waals surface area contributed by atoms with Crippen molar-refractivity contribution in [1.82, 2.24) is 39.8 Å². The molecule has 5 rings (SSSR count). The van der Waals surface area contributed by atoms with E-state index in [0.717, 1.165) is 19.8 Å². The number of nitrogens with zero attached hydrogens (tertiary/aromatic N) is 6. The first-order valence-electron chi connectivity index (χ1n) is 14.5. The second-order valence-electron chi connectivity index (χ2n) is 12.0. The van der Waals surface area contributed by atoms with Crippen molar-refractivity contribution in [3.05, 3.63) is 42.0 Å². The van der Waals surface area contributed by atoms with Gasteiger partial charge in [-0.05, 0) is 57.4 Å². The van der Waals surface area contributed by atoms with Crippen LogP contribution >= 0.6 is 0 Å². The third kappa shape index (κ3) is 7.12. The molecule has 3 aromatic heterocycles. The minimum absolute atomic E-state index is 0.0452. The van der Waals surface area contributed by atoms with Gasteiger partial charge in [0.15, 0.2) is 0 Å². The van der Waals surface area contributed by atoms with Crippen LogP contribution < -0.4 is 10.6 Å². The highest BCUT2D eigenvalue weighted by Crippen LogP contribution is 2.42. The monoisotopic (exact) mass is 610 g/mol. The molecule has 3 aromatic rings. The van der Waals surface area contributed by atoms with Crippen molar-refractivity contribution in [2.75, 3.05) is 0 Å². The second kappa shape index (κ2) is 11.8. The van der Waals surface area contributed by atoms with Crippen LogP contribution in [-0.2, 0) is 4.79 Å². The molecule has 2 amide bonds. The standard InChI is InChI=1S/C28H35F5N8O2/c1-15(2)41-24(34-14-35-41)25(43)39-23(18-6-9-27(29,30)10-7-18)20-13-40-11-8-19(36-26(40)37-20)22(17-4-5-17)38-21(42)12-16(3)28(31,32)33/h8,11,13-18,22-23H,4-7,9-10,12H2,1-3H3,(H,38,42)(H,39,43)/t16-,22-,23+/m1/s1. The summed E-state index contributed by atoms with van der Waals surface area (Å²) in [5.74, 6) is -5.70. The summed E-state index contributed by atoms with van der Waals surface area (Å²) in [7, 11) is 0. The molecule has 15 heteroatoms. The van der Waals surface area contributed by atoms with E-state index < -0.39 is 48.3 Å². The summed E-state index contributed by atoms with van der Waals surface area (Å²) >= 11 is 0. The Balaban J connectivity index is 1.41. The lowest BCUT2D eigenvalue weighted by atomic mass is 9.81. The molecular weight excluding hydrogens is 575 g/mol. The Hall–Kier alpha value is -3.65. The molecule has 0 aromatic carbocycles. The van der Waals surface area contributed by atoms with Crippen LogP contribution in [0.2, 0.25) is 0 Å². The average molecular weight is 611 g/mol. The highest BCUT2D eigenvalue weighted by Gasteiger charge is 2.41. The van der Waals surface area contributed by atoms with E-state index in [1.54, 1.807) is 22.9 Å². The molecule has 234 valence electrons. The second-order valence-corrected chi connectivity index (χ2v) is 12.0. The highest BCUT2D eigenvalue weighted by molar-refractivity contribution is 5.91. The van der Waals surface area contributed by atoms with Gasteiger partial charge in [-0.3, -0.25) is 14.0 Å². The van der Waals surface area contributed by atoms with Gasteiger partial charge in [0.2, 0.25) is 23.4 Å². The predicted octanol–water partition coefficient (Wildman–Crippen LogP) is 5.35. The Morgan fingerprint density at radius 3 is 2.26 bits per heavy atom. The van der Waals surface area contributed by atoms with Gasteiger partial charge in [0.1, 0.15) is 6.33 Å². The number of carbonyl (C=O) groups excluding carboxylic acids is 2. The summed E-state index contributed by atoms with van der Waals surface area (Å²) < 4.78 is 70.1. The fourth-order valence-corrected chi connectivity index (χ4v) is 5.54. The van der Waals surface area contributed by atoms with Crippen molar-refractivity contribution < 1.29 is 31.5 Å². The molecule has 0 spiro atoms. The van der Waals surface area contributed by atoms with E-state index in [1.807, 2.05) is 13.8 Å². The number of nitrogens with one attached hydrogen (secondary N) is 2. The Morgan fingerprint density at radius 1 is 1.00 bits per heavy atom. The molecule has 3 heterocycles. The zero-order chi connectivity index (χ0) is 31.1. The number of carbonyl (C=O) groups is 2. The Kier molecular flexibility index (Phi) is 8.45. The molecule has 0 saturated heterocycles. The molecule has 2 fully saturated rings. The number of halogens is 5. The van der Waals surface area contributed by atoms with Crippen molar-refractivity contribution in [3.8, 4) is 0 Å². The van der Waals surface area contributed by atoms with Crippen molar-refractivity contribution in [3.63, 3.8) is 0 Å². The molecule has 43 heavy (non-hydrogen) atoms. The van der Waals surface area contributed by atoms with Gasteiger partial charge in [-0.25, -0.2) is 28.4 Å². The Morgan fingerprint density at radius 2 is 1.63 bits per heavy atom. The van der Waals surface area contributed by atoms with Gasteiger partial charge in [0.25, 0.3) is 5.91 Å². The maximum absolute atomic E-state index is 14.0. The van der Waals surface area contributed by atoms with Crippen LogP contribution in [0.25, 0.3) is 5.78 Å². The molecule has 0 unspecified atom stereocenters. The fourth-order valence-electron chi connectivity index (χ4n) is 5.54. The Labute approximate surface area is 244 Å². The third-order valence-corrected chi connectivity index (χ3v) is 8.25. The summed E-state index contributed by atoms with van der Waals surface area (Å²) in [6, 6.07) is 0.254. The molecule has 2 aliphatic rings. The molecule has 0 bridgehead atoms. The molecule has 3 atom stereocenters. The first-order valence-corrected chi connectivity index (χ1v) is 14.5. The number of hydrogen-bond donors (Lipinski definition) is 2. The van der Waals surface area contributed by atoms with E-state index in [9.17, 15) is 31.5 Å². The molecular formula is C28H35F5N8O2. The minimum Gasteiger partial charge on any atom is -0.347 e. The molecule has 2 N–H and O–H groups in total. The molecule has 0 aliphatic heterocycles. The largest absolute Gasteiger partial charge is 0.392 e. The van der Waals surface area contributed by atoms with Crippen LogP contribution in [0.15, 0.2) is 24.8 Å². The summed E-state index contributed by atoms with van der Waals surface area (Å²) in [5, 5.41) is 9.78. The summed E-state index contributed by atoms with van der Waals surface area (Å²) in [6.45, 7) is 4.68. The van der Waals surface area contributed by atoms with Crippen LogP contribution in [-0.4, -0.2) is 53.0 Å². The maximum atomic E-state index is 14.0.